The number of carbonyl (C=O) groups excluding carboxylic acids is 2. The number of nitrogens with one attached hydrogen (secondary N) is 1. The van der Waals surface area contributed by atoms with E-state index in [1.807, 2.05) is 37.3 Å². The first-order chi connectivity index (χ1) is 20.0. The first-order valence-corrected chi connectivity index (χ1v) is 14.2. The third-order valence-corrected chi connectivity index (χ3v) is 6.63. The standard InChI is InChI=1S/C33H38FN3O5/c1-8-16-40-27-15-14-23(17-26(27)34)31-25(18-37(36-31)24-12-10-9-11-13-24)30-28(32(38)41-19(2)3)21(6)35-22(7)29(30)33(39)42-20(4)5/h9-15,17-20,30,35H,8,16H2,1-7H3. The highest BCUT2D eigenvalue weighted by Gasteiger charge is 2.41. The summed E-state index contributed by atoms with van der Waals surface area (Å²) in [5, 5.41) is 8.03. The van der Waals surface area contributed by atoms with Gasteiger partial charge in [-0.1, -0.05) is 25.1 Å². The first kappa shape index (κ1) is 30.6. The summed E-state index contributed by atoms with van der Waals surface area (Å²) in [6.07, 6.45) is 1.72. The molecule has 222 valence electrons. The lowest BCUT2D eigenvalue weighted by molar-refractivity contribution is -0.143. The topological polar surface area (TPSA) is 91.7 Å². The minimum atomic E-state index is -0.907. The molecule has 1 N–H and O–H groups in total. The van der Waals surface area contributed by atoms with Crippen LogP contribution in [0.5, 0.6) is 5.75 Å². The number of rotatable bonds is 10. The van der Waals surface area contributed by atoms with Crippen LogP contribution in [0.3, 0.4) is 0 Å². The van der Waals surface area contributed by atoms with Gasteiger partial charge in [-0.05, 0) is 78.3 Å². The van der Waals surface area contributed by atoms with Gasteiger partial charge in [0.2, 0.25) is 0 Å². The van der Waals surface area contributed by atoms with Gasteiger partial charge in [0.1, 0.15) is 0 Å². The number of esters is 2. The summed E-state index contributed by atoms with van der Waals surface area (Å²) < 4.78 is 33.8. The lowest BCUT2D eigenvalue weighted by Crippen LogP contribution is -2.33. The van der Waals surface area contributed by atoms with E-state index in [1.165, 1.54) is 6.07 Å². The van der Waals surface area contributed by atoms with Crippen molar-refractivity contribution in [3.8, 4) is 22.7 Å². The highest BCUT2D eigenvalue weighted by molar-refractivity contribution is 6.00. The van der Waals surface area contributed by atoms with Crippen molar-refractivity contribution in [3.05, 3.63) is 88.6 Å². The molecule has 1 aliphatic heterocycles. The van der Waals surface area contributed by atoms with E-state index in [-0.39, 0.29) is 16.9 Å². The average molecular weight is 576 g/mol. The maximum Gasteiger partial charge on any atom is 0.337 e. The Balaban J connectivity index is 1.99. The molecule has 3 aromatic rings. The fourth-order valence-corrected chi connectivity index (χ4v) is 4.91. The Morgan fingerprint density at radius 2 is 1.55 bits per heavy atom. The van der Waals surface area contributed by atoms with Crippen LogP contribution >= 0.6 is 0 Å². The van der Waals surface area contributed by atoms with Crippen molar-refractivity contribution in [3.63, 3.8) is 0 Å². The number of ether oxygens (including phenoxy) is 3. The molecule has 0 aliphatic carbocycles. The second-order valence-electron chi connectivity index (χ2n) is 10.8. The van der Waals surface area contributed by atoms with Crippen molar-refractivity contribution in [2.45, 2.75) is 73.0 Å². The molecule has 0 atom stereocenters. The molecule has 4 rings (SSSR count). The number of aromatic nitrogens is 2. The summed E-state index contributed by atoms with van der Waals surface area (Å²) in [4.78, 5) is 27.2. The fraction of sp³-hybridized carbons (Fsp3) is 0.364. The van der Waals surface area contributed by atoms with Crippen LogP contribution in [0, 0.1) is 5.82 Å². The number of nitrogens with zero attached hydrogens (tertiary/aromatic N) is 2. The molecule has 0 amide bonds. The molecule has 0 saturated heterocycles. The van der Waals surface area contributed by atoms with Crippen molar-refractivity contribution in [1.29, 1.82) is 0 Å². The first-order valence-electron chi connectivity index (χ1n) is 14.2. The summed E-state index contributed by atoms with van der Waals surface area (Å²) in [7, 11) is 0. The Bertz CT molecular complexity index is 1480. The van der Waals surface area contributed by atoms with E-state index in [9.17, 15) is 9.59 Å². The molecule has 42 heavy (non-hydrogen) atoms. The van der Waals surface area contributed by atoms with Crippen molar-refractivity contribution >= 4 is 11.9 Å². The summed E-state index contributed by atoms with van der Waals surface area (Å²) in [6, 6.07) is 14.1. The normalized spacial score (nSPS) is 14.0. The molecular weight excluding hydrogens is 537 g/mol. The van der Waals surface area contributed by atoms with Crippen molar-refractivity contribution in [1.82, 2.24) is 15.1 Å². The number of benzene rings is 2. The number of hydrogen-bond acceptors (Lipinski definition) is 7. The van der Waals surface area contributed by atoms with E-state index >= 15 is 4.39 Å². The highest BCUT2D eigenvalue weighted by Crippen LogP contribution is 2.43. The quantitative estimate of drug-likeness (QED) is 0.272. The highest BCUT2D eigenvalue weighted by atomic mass is 19.1. The van der Waals surface area contributed by atoms with Crippen LogP contribution < -0.4 is 10.1 Å². The van der Waals surface area contributed by atoms with Gasteiger partial charge in [0.25, 0.3) is 0 Å². The van der Waals surface area contributed by atoms with Crippen molar-refractivity contribution in [2.75, 3.05) is 6.61 Å². The van der Waals surface area contributed by atoms with Gasteiger partial charge in [0.05, 0.1) is 47.3 Å². The van der Waals surface area contributed by atoms with Gasteiger partial charge in [-0.3, -0.25) is 0 Å². The minimum absolute atomic E-state index is 0.139. The van der Waals surface area contributed by atoms with E-state index in [0.717, 1.165) is 12.1 Å². The van der Waals surface area contributed by atoms with Crippen LogP contribution in [0.15, 0.2) is 77.3 Å². The molecule has 8 nitrogen and oxygen atoms in total. The lowest BCUT2D eigenvalue weighted by atomic mass is 9.79. The zero-order valence-electron chi connectivity index (χ0n) is 25.2. The monoisotopic (exact) mass is 575 g/mol. The van der Waals surface area contributed by atoms with Crippen LogP contribution in [0.4, 0.5) is 4.39 Å². The second kappa shape index (κ2) is 13.1. The molecule has 2 heterocycles. The molecule has 0 fully saturated rings. The molecule has 0 radical (unpaired) electrons. The Morgan fingerprint density at radius 3 is 2.07 bits per heavy atom. The SMILES string of the molecule is CCCOc1ccc(-c2nn(-c3ccccc3)cc2C2C(C(=O)OC(C)C)=C(C)NC(C)=C2C(=O)OC(C)C)cc1F. The number of halogens is 1. The van der Waals surface area contributed by atoms with Crippen molar-refractivity contribution in [2.24, 2.45) is 0 Å². The van der Waals surface area contributed by atoms with Gasteiger partial charge in [-0.2, -0.15) is 5.10 Å². The third-order valence-electron chi connectivity index (χ3n) is 6.63. The van der Waals surface area contributed by atoms with E-state index in [1.54, 1.807) is 64.6 Å². The molecule has 9 heteroatoms. The zero-order chi connectivity index (χ0) is 30.6. The molecule has 1 aromatic heterocycles. The number of dihydropyridines is 1. The smallest absolute Gasteiger partial charge is 0.337 e. The van der Waals surface area contributed by atoms with Gasteiger partial charge in [-0.25, -0.2) is 18.7 Å². The predicted octanol–water partition coefficient (Wildman–Crippen LogP) is 6.61. The molecule has 0 bridgehead atoms. The van der Waals surface area contributed by atoms with Crippen LogP contribution in [-0.2, 0) is 19.1 Å². The molecular formula is C33H38FN3O5. The number of carbonyl (C=O) groups is 2. The van der Waals surface area contributed by atoms with E-state index in [4.69, 9.17) is 19.3 Å². The molecule has 0 spiro atoms. The zero-order valence-corrected chi connectivity index (χ0v) is 25.2. The molecule has 0 saturated carbocycles. The van der Waals surface area contributed by atoms with E-state index in [0.29, 0.717) is 34.8 Å². The summed E-state index contributed by atoms with van der Waals surface area (Å²) in [5.41, 5.74) is 3.72. The van der Waals surface area contributed by atoms with E-state index < -0.39 is 35.9 Å². The number of para-hydroxylation sites is 1. The van der Waals surface area contributed by atoms with Crippen molar-refractivity contribution < 1.29 is 28.2 Å². The van der Waals surface area contributed by atoms with Gasteiger partial charge in [0.15, 0.2) is 11.6 Å². The van der Waals surface area contributed by atoms with Crippen LogP contribution in [0.1, 0.15) is 66.4 Å². The largest absolute Gasteiger partial charge is 0.491 e. The Labute approximate surface area is 246 Å². The Hall–Kier alpha value is -4.40. The van der Waals surface area contributed by atoms with Gasteiger partial charge < -0.3 is 19.5 Å². The summed E-state index contributed by atoms with van der Waals surface area (Å²) in [6.45, 7) is 12.9. The predicted molar refractivity (Wildman–Crippen MR) is 158 cm³/mol. The molecule has 2 aromatic carbocycles. The van der Waals surface area contributed by atoms with E-state index in [2.05, 4.69) is 5.32 Å². The maximum absolute atomic E-state index is 15.2. The Kier molecular flexibility index (Phi) is 9.50. The second-order valence-corrected chi connectivity index (χ2v) is 10.8. The minimum Gasteiger partial charge on any atom is -0.491 e. The van der Waals surface area contributed by atoms with Crippen LogP contribution in [-0.4, -0.2) is 40.5 Å². The number of hydrogen-bond donors (Lipinski definition) is 1. The number of allylic oxidation sites excluding steroid dienone is 2. The third kappa shape index (κ3) is 6.56. The van der Waals surface area contributed by atoms with Crippen LogP contribution in [0.25, 0.3) is 16.9 Å². The average Bonchev–Trinajstić information content (AvgIpc) is 3.37. The van der Waals surface area contributed by atoms with Gasteiger partial charge in [-0.15, -0.1) is 0 Å². The maximum atomic E-state index is 15.2. The summed E-state index contributed by atoms with van der Waals surface area (Å²) in [5.74, 6) is -2.45. The summed E-state index contributed by atoms with van der Waals surface area (Å²) >= 11 is 0. The van der Waals surface area contributed by atoms with Gasteiger partial charge >= 0.3 is 11.9 Å². The fourth-order valence-electron chi connectivity index (χ4n) is 4.91. The molecule has 0 unspecified atom stereocenters. The lowest BCUT2D eigenvalue weighted by Gasteiger charge is -2.31. The molecule has 1 aliphatic rings. The van der Waals surface area contributed by atoms with Gasteiger partial charge in [0, 0.05) is 28.7 Å². The Morgan fingerprint density at radius 1 is 0.952 bits per heavy atom. The van der Waals surface area contributed by atoms with Crippen LogP contribution in [0.2, 0.25) is 0 Å².